The van der Waals surface area contributed by atoms with Crippen LogP contribution in [0.25, 0.3) is 0 Å². The van der Waals surface area contributed by atoms with Crippen LogP contribution in [0.5, 0.6) is 0 Å². The minimum atomic E-state index is -0.667. The first-order valence-corrected chi connectivity index (χ1v) is 2.83. The van der Waals surface area contributed by atoms with E-state index in [9.17, 15) is 8.78 Å². The van der Waals surface area contributed by atoms with E-state index in [1.807, 2.05) is 0 Å². The fraction of sp³-hybridized carbons (Fsp3) is 0.143. The number of rotatable bonds is 0. The van der Waals surface area contributed by atoms with Crippen molar-refractivity contribution in [1.82, 2.24) is 0 Å². The molecule has 1 rings (SSSR count). The fourth-order valence-corrected chi connectivity index (χ4v) is 0.682. The van der Waals surface area contributed by atoms with Crippen molar-refractivity contribution >= 4 is 5.69 Å². The maximum Gasteiger partial charge on any atom is 0.151 e. The summed E-state index contributed by atoms with van der Waals surface area (Å²) in [6.07, 6.45) is 0. The van der Waals surface area contributed by atoms with E-state index < -0.39 is 11.6 Å². The molecule has 0 aliphatic heterocycles. The standard InChI is InChI=1S/C7H7F2N/c1-4-5(8)2-3-6(10)7(4)9/h2-3H,10H2,1H3. The fourth-order valence-electron chi connectivity index (χ4n) is 0.682. The Morgan fingerprint density at radius 3 is 2.40 bits per heavy atom. The van der Waals surface area contributed by atoms with E-state index in [4.69, 9.17) is 5.73 Å². The number of anilines is 1. The molecule has 0 aromatic heterocycles. The molecule has 0 saturated carbocycles. The van der Waals surface area contributed by atoms with Crippen molar-refractivity contribution in [3.8, 4) is 0 Å². The molecular formula is C7H7F2N. The normalized spacial score (nSPS) is 9.90. The van der Waals surface area contributed by atoms with E-state index in [0.717, 1.165) is 6.07 Å². The van der Waals surface area contributed by atoms with Gasteiger partial charge in [-0.15, -0.1) is 0 Å². The van der Waals surface area contributed by atoms with Crippen LogP contribution in [0, 0.1) is 18.6 Å². The summed E-state index contributed by atoms with van der Waals surface area (Å²) in [5.74, 6) is -1.23. The van der Waals surface area contributed by atoms with Crippen molar-refractivity contribution in [1.29, 1.82) is 0 Å². The van der Waals surface area contributed by atoms with Crippen molar-refractivity contribution in [3.63, 3.8) is 0 Å². The Balaban J connectivity index is 3.34. The van der Waals surface area contributed by atoms with Crippen LogP contribution in [0.2, 0.25) is 0 Å². The number of halogens is 2. The Morgan fingerprint density at radius 1 is 1.30 bits per heavy atom. The zero-order valence-corrected chi connectivity index (χ0v) is 5.49. The van der Waals surface area contributed by atoms with Gasteiger partial charge in [0.1, 0.15) is 5.82 Å². The zero-order valence-electron chi connectivity index (χ0n) is 5.49. The summed E-state index contributed by atoms with van der Waals surface area (Å²) < 4.78 is 25.1. The summed E-state index contributed by atoms with van der Waals surface area (Å²) in [4.78, 5) is 0. The van der Waals surface area contributed by atoms with Crippen LogP contribution in [-0.4, -0.2) is 0 Å². The monoisotopic (exact) mass is 143 g/mol. The largest absolute Gasteiger partial charge is 0.396 e. The van der Waals surface area contributed by atoms with Crippen LogP contribution in [0.15, 0.2) is 12.1 Å². The lowest BCUT2D eigenvalue weighted by Gasteiger charge is -1.99. The third-order valence-corrected chi connectivity index (χ3v) is 1.35. The highest BCUT2D eigenvalue weighted by molar-refractivity contribution is 5.42. The summed E-state index contributed by atoms with van der Waals surface area (Å²) in [5.41, 5.74) is 5.11. The van der Waals surface area contributed by atoms with Crippen LogP contribution in [0.3, 0.4) is 0 Å². The Hall–Kier alpha value is -1.12. The molecule has 0 saturated heterocycles. The number of hydrogen-bond acceptors (Lipinski definition) is 1. The molecule has 0 heterocycles. The van der Waals surface area contributed by atoms with E-state index in [1.165, 1.54) is 13.0 Å². The van der Waals surface area contributed by atoms with Crippen molar-refractivity contribution in [3.05, 3.63) is 29.3 Å². The van der Waals surface area contributed by atoms with Gasteiger partial charge in [0.25, 0.3) is 0 Å². The second kappa shape index (κ2) is 2.25. The van der Waals surface area contributed by atoms with Gasteiger partial charge in [0.2, 0.25) is 0 Å². The molecule has 3 heteroatoms. The average Bonchev–Trinajstić information content (AvgIpc) is 1.93. The Kier molecular flexibility index (Phi) is 1.57. The van der Waals surface area contributed by atoms with Gasteiger partial charge in [0.15, 0.2) is 5.82 Å². The van der Waals surface area contributed by atoms with Gasteiger partial charge in [-0.1, -0.05) is 0 Å². The molecule has 2 N–H and O–H groups in total. The maximum absolute atomic E-state index is 12.6. The molecule has 0 atom stereocenters. The highest BCUT2D eigenvalue weighted by atomic mass is 19.1. The van der Waals surface area contributed by atoms with Gasteiger partial charge in [0, 0.05) is 5.56 Å². The molecule has 0 bridgehead atoms. The minimum absolute atomic E-state index is 0.0149. The summed E-state index contributed by atoms with van der Waals surface area (Å²) in [7, 11) is 0. The van der Waals surface area contributed by atoms with Gasteiger partial charge in [-0.2, -0.15) is 0 Å². The second-order valence-electron chi connectivity index (χ2n) is 2.08. The third-order valence-electron chi connectivity index (χ3n) is 1.35. The van der Waals surface area contributed by atoms with Gasteiger partial charge in [-0.3, -0.25) is 0 Å². The molecule has 0 aliphatic rings. The number of nitrogen functional groups attached to an aromatic ring is 1. The van der Waals surface area contributed by atoms with Gasteiger partial charge in [0.05, 0.1) is 5.69 Å². The second-order valence-corrected chi connectivity index (χ2v) is 2.08. The molecule has 0 amide bonds. The van der Waals surface area contributed by atoms with E-state index in [0.29, 0.717) is 0 Å². The molecule has 10 heavy (non-hydrogen) atoms. The van der Waals surface area contributed by atoms with Crippen molar-refractivity contribution in [2.45, 2.75) is 6.92 Å². The summed E-state index contributed by atoms with van der Waals surface area (Å²) in [6.45, 7) is 1.35. The molecule has 54 valence electrons. The van der Waals surface area contributed by atoms with Crippen LogP contribution >= 0.6 is 0 Å². The molecule has 0 spiro atoms. The van der Waals surface area contributed by atoms with Crippen molar-refractivity contribution < 1.29 is 8.78 Å². The van der Waals surface area contributed by atoms with Crippen LogP contribution < -0.4 is 5.73 Å². The third kappa shape index (κ3) is 0.943. The minimum Gasteiger partial charge on any atom is -0.396 e. The number of nitrogens with two attached hydrogens (primary N) is 1. The van der Waals surface area contributed by atoms with E-state index >= 15 is 0 Å². The summed E-state index contributed by atoms with van der Waals surface area (Å²) in [6, 6.07) is 2.35. The lowest BCUT2D eigenvalue weighted by molar-refractivity contribution is 0.571. The maximum atomic E-state index is 12.6. The Morgan fingerprint density at radius 2 is 1.90 bits per heavy atom. The Labute approximate surface area is 57.5 Å². The van der Waals surface area contributed by atoms with Crippen LogP contribution in [0.1, 0.15) is 5.56 Å². The predicted molar refractivity (Wildman–Crippen MR) is 35.5 cm³/mol. The van der Waals surface area contributed by atoms with E-state index in [2.05, 4.69) is 0 Å². The molecule has 0 fully saturated rings. The lowest BCUT2D eigenvalue weighted by atomic mass is 10.2. The lowest BCUT2D eigenvalue weighted by Crippen LogP contribution is -1.95. The first kappa shape index (κ1) is 6.99. The zero-order chi connectivity index (χ0) is 7.72. The highest BCUT2D eigenvalue weighted by Crippen LogP contribution is 2.16. The van der Waals surface area contributed by atoms with Gasteiger partial charge >= 0.3 is 0 Å². The van der Waals surface area contributed by atoms with Gasteiger partial charge in [-0.05, 0) is 19.1 Å². The van der Waals surface area contributed by atoms with E-state index in [-0.39, 0.29) is 11.3 Å². The molecule has 0 unspecified atom stereocenters. The Bertz CT molecular complexity index is 231. The molecular weight excluding hydrogens is 136 g/mol. The summed E-state index contributed by atoms with van der Waals surface area (Å²) in [5, 5.41) is 0. The first-order valence-electron chi connectivity index (χ1n) is 2.83. The molecule has 1 aromatic carbocycles. The van der Waals surface area contributed by atoms with Crippen LogP contribution in [-0.2, 0) is 0 Å². The SMILES string of the molecule is Cc1c(F)ccc(N)c1F. The molecule has 0 radical (unpaired) electrons. The molecule has 1 aromatic rings. The smallest absolute Gasteiger partial charge is 0.151 e. The molecule has 0 aliphatic carbocycles. The topological polar surface area (TPSA) is 26.0 Å². The highest BCUT2D eigenvalue weighted by Gasteiger charge is 2.05. The van der Waals surface area contributed by atoms with Crippen LogP contribution in [0.4, 0.5) is 14.5 Å². The van der Waals surface area contributed by atoms with Crippen molar-refractivity contribution in [2.24, 2.45) is 0 Å². The average molecular weight is 143 g/mol. The summed E-state index contributed by atoms with van der Waals surface area (Å²) >= 11 is 0. The van der Waals surface area contributed by atoms with Gasteiger partial charge in [-0.25, -0.2) is 8.78 Å². The number of hydrogen-bond donors (Lipinski definition) is 1. The molecule has 1 nitrogen and oxygen atoms in total. The van der Waals surface area contributed by atoms with E-state index in [1.54, 1.807) is 0 Å². The first-order chi connectivity index (χ1) is 4.63. The quantitative estimate of drug-likeness (QED) is 0.551. The van der Waals surface area contributed by atoms with Crippen molar-refractivity contribution in [2.75, 3.05) is 5.73 Å². The predicted octanol–water partition coefficient (Wildman–Crippen LogP) is 1.86. The number of benzene rings is 1. The van der Waals surface area contributed by atoms with Gasteiger partial charge < -0.3 is 5.73 Å².